The van der Waals surface area contributed by atoms with Crippen molar-refractivity contribution in [3.8, 4) is 0 Å². The number of allylic oxidation sites excluding steroid dienone is 4. The molecule has 0 bridgehead atoms. The van der Waals surface area contributed by atoms with Gasteiger partial charge in [0.1, 0.15) is 0 Å². The van der Waals surface area contributed by atoms with Crippen LogP contribution < -0.4 is 0 Å². The third-order valence-electron chi connectivity index (χ3n) is 5.94. The molecule has 1 N–H and O–H groups in total. The van der Waals surface area contributed by atoms with Crippen LogP contribution in [0.5, 0.6) is 0 Å². The highest BCUT2D eigenvalue weighted by atomic mass is 16.4. The van der Waals surface area contributed by atoms with Gasteiger partial charge in [0.25, 0.3) is 0 Å². The first kappa shape index (κ1) is 21.7. The van der Waals surface area contributed by atoms with Gasteiger partial charge >= 0.3 is 5.97 Å². The SMILES string of the molecule is O=C(O)CCCC=CC[C@H]1CCC[C@@H]1C=CCCCC(=O)N1CCCCC1. The maximum atomic E-state index is 12.2. The Morgan fingerprint density at radius 2 is 1.63 bits per heavy atom. The molecule has 1 heterocycles. The van der Waals surface area contributed by atoms with Crippen molar-refractivity contribution in [2.75, 3.05) is 13.1 Å². The Morgan fingerprint density at radius 1 is 0.889 bits per heavy atom. The van der Waals surface area contributed by atoms with E-state index in [-0.39, 0.29) is 6.42 Å². The van der Waals surface area contributed by atoms with Gasteiger partial charge in [-0.2, -0.15) is 0 Å². The van der Waals surface area contributed by atoms with E-state index in [1.54, 1.807) is 0 Å². The number of rotatable bonds is 11. The van der Waals surface area contributed by atoms with Crippen LogP contribution in [-0.4, -0.2) is 35.0 Å². The molecule has 2 fully saturated rings. The summed E-state index contributed by atoms with van der Waals surface area (Å²) in [5, 5.41) is 8.64. The van der Waals surface area contributed by atoms with Gasteiger partial charge in [-0.05, 0) is 76.0 Å². The summed E-state index contributed by atoms with van der Waals surface area (Å²) < 4.78 is 0. The van der Waals surface area contributed by atoms with Gasteiger partial charge in [0.05, 0.1) is 0 Å². The number of hydrogen-bond acceptors (Lipinski definition) is 2. The van der Waals surface area contributed by atoms with Gasteiger partial charge in [-0.3, -0.25) is 9.59 Å². The molecular formula is C23H37NO3. The number of carboxylic acid groups (broad SMARTS) is 1. The zero-order valence-corrected chi connectivity index (χ0v) is 16.8. The summed E-state index contributed by atoms with van der Waals surface area (Å²) in [6.07, 6.45) is 22.2. The van der Waals surface area contributed by atoms with Crippen LogP contribution >= 0.6 is 0 Å². The third-order valence-corrected chi connectivity index (χ3v) is 5.94. The number of carbonyl (C=O) groups excluding carboxylic acids is 1. The van der Waals surface area contributed by atoms with E-state index in [1.165, 1.54) is 38.5 Å². The van der Waals surface area contributed by atoms with Crippen molar-refractivity contribution in [1.29, 1.82) is 0 Å². The monoisotopic (exact) mass is 375 g/mol. The molecule has 1 aliphatic carbocycles. The number of carbonyl (C=O) groups is 2. The van der Waals surface area contributed by atoms with Crippen LogP contribution in [0.25, 0.3) is 0 Å². The zero-order valence-electron chi connectivity index (χ0n) is 16.8. The first-order valence-corrected chi connectivity index (χ1v) is 11.0. The lowest BCUT2D eigenvalue weighted by Crippen LogP contribution is -2.35. The summed E-state index contributed by atoms with van der Waals surface area (Å²) in [4.78, 5) is 24.7. The molecule has 2 aliphatic rings. The van der Waals surface area contributed by atoms with E-state index in [9.17, 15) is 9.59 Å². The minimum atomic E-state index is -0.706. The Kier molecular flexibility index (Phi) is 10.3. The highest BCUT2D eigenvalue weighted by Gasteiger charge is 2.23. The quantitative estimate of drug-likeness (QED) is 0.391. The first-order chi connectivity index (χ1) is 13.2. The summed E-state index contributed by atoms with van der Waals surface area (Å²) in [6.45, 7) is 1.92. The van der Waals surface area contributed by atoms with Gasteiger partial charge in [0, 0.05) is 25.9 Å². The number of aliphatic carboxylic acids is 1. The maximum absolute atomic E-state index is 12.2. The van der Waals surface area contributed by atoms with Crippen LogP contribution in [0, 0.1) is 11.8 Å². The minimum absolute atomic E-state index is 0.263. The Labute approximate surface area is 164 Å². The highest BCUT2D eigenvalue weighted by molar-refractivity contribution is 5.76. The number of unbranched alkanes of at least 4 members (excludes halogenated alkanes) is 2. The van der Waals surface area contributed by atoms with E-state index in [0.29, 0.717) is 18.2 Å². The topological polar surface area (TPSA) is 57.6 Å². The molecule has 1 saturated carbocycles. The Morgan fingerprint density at radius 3 is 2.41 bits per heavy atom. The Balaban J connectivity index is 1.58. The normalized spacial score (nSPS) is 23.5. The van der Waals surface area contributed by atoms with Crippen LogP contribution in [0.1, 0.15) is 83.5 Å². The predicted molar refractivity (Wildman–Crippen MR) is 109 cm³/mol. The van der Waals surface area contributed by atoms with Gasteiger partial charge < -0.3 is 10.0 Å². The zero-order chi connectivity index (χ0) is 19.3. The van der Waals surface area contributed by atoms with Crippen molar-refractivity contribution in [3.63, 3.8) is 0 Å². The lowest BCUT2D eigenvalue weighted by atomic mass is 9.92. The van der Waals surface area contributed by atoms with Gasteiger partial charge in [-0.25, -0.2) is 0 Å². The fourth-order valence-corrected chi connectivity index (χ4v) is 4.32. The van der Waals surface area contributed by atoms with Crippen molar-refractivity contribution in [3.05, 3.63) is 24.3 Å². The number of amides is 1. The van der Waals surface area contributed by atoms with Crippen LogP contribution in [0.15, 0.2) is 24.3 Å². The largest absolute Gasteiger partial charge is 0.481 e. The number of likely N-dealkylation sites (tertiary alicyclic amines) is 1. The van der Waals surface area contributed by atoms with E-state index < -0.39 is 5.97 Å². The Hall–Kier alpha value is -1.58. The molecule has 1 aliphatic heterocycles. The van der Waals surface area contributed by atoms with E-state index in [2.05, 4.69) is 24.3 Å². The molecule has 4 nitrogen and oxygen atoms in total. The lowest BCUT2D eigenvalue weighted by molar-refractivity contribution is -0.137. The van der Waals surface area contributed by atoms with Crippen molar-refractivity contribution < 1.29 is 14.7 Å². The number of hydrogen-bond donors (Lipinski definition) is 1. The number of piperidine rings is 1. The summed E-state index contributed by atoms with van der Waals surface area (Å²) >= 11 is 0. The van der Waals surface area contributed by atoms with Crippen LogP contribution in [0.3, 0.4) is 0 Å². The van der Waals surface area contributed by atoms with Crippen molar-refractivity contribution in [2.45, 2.75) is 83.5 Å². The molecule has 1 saturated heterocycles. The summed E-state index contributed by atoms with van der Waals surface area (Å²) in [5.74, 6) is 1.04. The fraction of sp³-hybridized carbons (Fsp3) is 0.739. The first-order valence-electron chi connectivity index (χ1n) is 11.0. The molecule has 2 atom stereocenters. The van der Waals surface area contributed by atoms with Crippen molar-refractivity contribution in [1.82, 2.24) is 4.90 Å². The standard InChI is InChI=1S/C23H37NO3/c25-22(24-18-9-4-10-19-24)16-7-3-6-13-21-15-11-14-20(21)12-5-1-2-8-17-23(26)27/h1,5-6,13,20-21H,2-4,7-12,14-19H2,(H,26,27)/t20-,21-/m0/s1. The lowest BCUT2D eigenvalue weighted by Gasteiger charge is -2.26. The second-order valence-electron chi connectivity index (χ2n) is 8.11. The molecule has 0 aromatic heterocycles. The second-order valence-corrected chi connectivity index (χ2v) is 8.11. The van der Waals surface area contributed by atoms with Gasteiger partial charge in [0.15, 0.2) is 0 Å². The van der Waals surface area contributed by atoms with Gasteiger partial charge in [0.2, 0.25) is 5.91 Å². The van der Waals surface area contributed by atoms with Crippen LogP contribution in [-0.2, 0) is 9.59 Å². The van der Waals surface area contributed by atoms with Crippen LogP contribution in [0.2, 0.25) is 0 Å². The molecule has 1 amide bonds. The smallest absolute Gasteiger partial charge is 0.303 e. The number of nitrogens with zero attached hydrogens (tertiary/aromatic N) is 1. The maximum Gasteiger partial charge on any atom is 0.303 e. The Bertz CT molecular complexity index is 506. The summed E-state index contributed by atoms with van der Waals surface area (Å²) in [6, 6.07) is 0. The molecule has 0 unspecified atom stereocenters. The van der Waals surface area contributed by atoms with Crippen molar-refractivity contribution >= 4 is 11.9 Å². The molecule has 4 heteroatoms. The van der Waals surface area contributed by atoms with Crippen LogP contribution in [0.4, 0.5) is 0 Å². The summed E-state index contributed by atoms with van der Waals surface area (Å²) in [5.41, 5.74) is 0. The van der Waals surface area contributed by atoms with E-state index in [0.717, 1.165) is 51.1 Å². The second kappa shape index (κ2) is 12.7. The molecule has 0 aromatic carbocycles. The molecule has 0 spiro atoms. The van der Waals surface area contributed by atoms with Crippen molar-refractivity contribution in [2.24, 2.45) is 11.8 Å². The van der Waals surface area contributed by atoms with E-state index >= 15 is 0 Å². The van der Waals surface area contributed by atoms with E-state index in [4.69, 9.17) is 5.11 Å². The molecule has 0 radical (unpaired) electrons. The average molecular weight is 376 g/mol. The predicted octanol–water partition coefficient (Wildman–Crippen LogP) is 5.34. The van der Waals surface area contributed by atoms with Gasteiger partial charge in [-0.15, -0.1) is 0 Å². The number of carboxylic acids is 1. The molecule has 27 heavy (non-hydrogen) atoms. The molecule has 0 aromatic rings. The minimum Gasteiger partial charge on any atom is -0.481 e. The highest BCUT2D eigenvalue weighted by Crippen LogP contribution is 2.35. The summed E-state index contributed by atoms with van der Waals surface area (Å²) in [7, 11) is 0. The molecular weight excluding hydrogens is 338 g/mol. The third kappa shape index (κ3) is 8.77. The molecule has 152 valence electrons. The van der Waals surface area contributed by atoms with Gasteiger partial charge in [-0.1, -0.05) is 30.7 Å². The fourth-order valence-electron chi connectivity index (χ4n) is 4.32. The molecule has 2 rings (SSSR count). The van der Waals surface area contributed by atoms with E-state index in [1.807, 2.05) is 4.90 Å². The average Bonchev–Trinajstić information content (AvgIpc) is 3.12.